The summed E-state index contributed by atoms with van der Waals surface area (Å²) in [5.74, 6) is 0.371. The molecule has 5 rings (SSSR count). The minimum atomic E-state index is -0.905. The Labute approximate surface area is 270 Å². The van der Waals surface area contributed by atoms with Crippen molar-refractivity contribution in [2.75, 3.05) is 41.3 Å². The second kappa shape index (κ2) is 13.4. The van der Waals surface area contributed by atoms with Crippen LogP contribution in [0.1, 0.15) is 81.9 Å². The smallest absolute Gasteiger partial charge is 0.253 e. The second-order valence-corrected chi connectivity index (χ2v) is 13.1. The Morgan fingerprint density at radius 2 is 1.61 bits per heavy atom. The minimum Gasteiger partial charge on any atom is -0.345 e. The van der Waals surface area contributed by atoms with Crippen LogP contribution < -0.4 is 5.32 Å². The van der Waals surface area contributed by atoms with Crippen LogP contribution in [0.4, 0.5) is 0 Å². The van der Waals surface area contributed by atoms with Gasteiger partial charge in [-0.05, 0) is 95.0 Å². The van der Waals surface area contributed by atoms with Gasteiger partial charge >= 0.3 is 0 Å². The number of amides is 3. The number of nitrogens with one attached hydrogen (secondary N) is 2. The van der Waals surface area contributed by atoms with Gasteiger partial charge in [0.1, 0.15) is 6.04 Å². The quantitative estimate of drug-likeness (QED) is 0.368. The Hall–Kier alpha value is -4.63. The summed E-state index contributed by atoms with van der Waals surface area (Å²) >= 11 is 0. The first-order valence-electron chi connectivity index (χ1n) is 15.8. The number of benzene rings is 2. The van der Waals surface area contributed by atoms with Crippen LogP contribution >= 0.6 is 0 Å². The highest BCUT2D eigenvalue weighted by Gasteiger charge is 2.46. The molecule has 3 aromatic rings. The van der Waals surface area contributed by atoms with Crippen LogP contribution in [0.3, 0.4) is 0 Å². The lowest BCUT2D eigenvalue weighted by Crippen LogP contribution is -2.48. The first-order valence-corrected chi connectivity index (χ1v) is 15.8. The summed E-state index contributed by atoms with van der Waals surface area (Å²) < 4.78 is 0. The highest BCUT2D eigenvalue weighted by molar-refractivity contribution is 5.95. The molecule has 1 aromatic heterocycles. The Kier molecular flexibility index (Phi) is 9.53. The summed E-state index contributed by atoms with van der Waals surface area (Å²) in [5, 5.41) is 28.7. The molecule has 0 saturated carbocycles. The Morgan fingerprint density at radius 3 is 2.09 bits per heavy atom. The predicted octanol–water partition coefficient (Wildman–Crippen LogP) is 2.56. The molecular weight excluding hydrogens is 582 g/mol. The molecule has 1 saturated heterocycles. The van der Waals surface area contributed by atoms with Crippen molar-refractivity contribution in [2.45, 2.75) is 63.5 Å². The molecule has 242 valence electrons. The van der Waals surface area contributed by atoms with Gasteiger partial charge < -0.3 is 20.0 Å². The van der Waals surface area contributed by atoms with Crippen LogP contribution in [-0.2, 0) is 23.1 Å². The maximum atomic E-state index is 13.3. The second-order valence-electron chi connectivity index (χ2n) is 13.1. The number of aryl methyl sites for hydroxylation is 2. The van der Waals surface area contributed by atoms with Gasteiger partial charge in [-0.25, -0.2) is 5.10 Å². The zero-order valence-electron chi connectivity index (χ0n) is 27.5. The van der Waals surface area contributed by atoms with Crippen molar-refractivity contribution in [3.05, 3.63) is 75.6 Å². The zero-order chi connectivity index (χ0) is 33.2. The van der Waals surface area contributed by atoms with E-state index in [4.69, 9.17) is 0 Å². The van der Waals surface area contributed by atoms with Gasteiger partial charge in [0.05, 0.1) is 18.0 Å². The van der Waals surface area contributed by atoms with Gasteiger partial charge in [0.15, 0.2) is 5.82 Å². The molecule has 2 aliphatic rings. The van der Waals surface area contributed by atoms with Crippen LogP contribution in [0.15, 0.2) is 36.4 Å². The third-order valence-corrected chi connectivity index (χ3v) is 9.42. The first kappa shape index (κ1) is 32.8. The fourth-order valence-electron chi connectivity index (χ4n) is 6.94. The maximum Gasteiger partial charge on any atom is 0.253 e. The average molecular weight is 626 g/mol. The van der Waals surface area contributed by atoms with Gasteiger partial charge in [0.2, 0.25) is 5.91 Å². The van der Waals surface area contributed by atoms with Crippen LogP contribution in [-0.4, -0.2) is 106 Å². The lowest BCUT2D eigenvalue weighted by atomic mass is 9.66. The van der Waals surface area contributed by atoms with Crippen molar-refractivity contribution in [2.24, 2.45) is 5.92 Å². The largest absolute Gasteiger partial charge is 0.345 e. The molecule has 1 aliphatic heterocycles. The van der Waals surface area contributed by atoms with Crippen molar-refractivity contribution < 1.29 is 14.4 Å². The van der Waals surface area contributed by atoms with E-state index >= 15 is 0 Å². The highest BCUT2D eigenvalue weighted by atomic mass is 16.2. The van der Waals surface area contributed by atoms with Crippen molar-refractivity contribution in [1.29, 1.82) is 5.26 Å². The van der Waals surface area contributed by atoms with Crippen LogP contribution in [0.25, 0.3) is 0 Å². The maximum absolute atomic E-state index is 13.3. The number of carbonyl (C=O) groups excluding carboxylic acids is 3. The Bertz CT molecular complexity index is 1570. The molecule has 2 atom stereocenters. The number of aromatic nitrogens is 4. The fraction of sp³-hybridized carbons (Fsp3) is 0.500. The number of hydrogen-bond donors (Lipinski definition) is 2. The Balaban J connectivity index is 1.65. The van der Waals surface area contributed by atoms with E-state index < -0.39 is 11.5 Å². The number of likely N-dealkylation sites (tertiary alicyclic amines) is 1. The summed E-state index contributed by atoms with van der Waals surface area (Å²) in [7, 11) is 6.94. The van der Waals surface area contributed by atoms with Crippen molar-refractivity contribution in [1.82, 2.24) is 40.6 Å². The normalized spacial score (nSPS) is 17.4. The number of nitrogens with zero attached hydrogens (tertiary/aromatic N) is 7. The molecule has 2 N–H and O–H groups in total. The third-order valence-electron chi connectivity index (χ3n) is 9.42. The molecule has 3 amide bonds. The van der Waals surface area contributed by atoms with Gasteiger partial charge in [0.25, 0.3) is 11.8 Å². The van der Waals surface area contributed by atoms with Gasteiger partial charge in [-0.3, -0.25) is 14.4 Å². The number of aromatic amines is 1. The molecule has 1 aliphatic carbocycles. The zero-order valence-corrected chi connectivity index (χ0v) is 27.5. The summed E-state index contributed by atoms with van der Waals surface area (Å²) in [4.78, 5) is 44.2. The molecule has 1 fully saturated rings. The van der Waals surface area contributed by atoms with Gasteiger partial charge in [-0.1, -0.05) is 26.0 Å². The highest BCUT2D eigenvalue weighted by Crippen LogP contribution is 2.47. The third kappa shape index (κ3) is 6.11. The predicted molar refractivity (Wildman–Crippen MR) is 172 cm³/mol. The van der Waals surface area contributed by atoms with E-state index in [-0.39, 0.29) is 36.2 Å². The minimum absolute atomic E-state index is 0.0896. The first-order chi connectivity index (χ1) is 22.0. The molecule has 2 heterocycles. The van der Waals surface area contributed by atoms with E-state index in [0.29, 0.717) is 49.2 Å². The van der Waals surface area contributed by atoms with Gasteiger partial charge in [0, 0.05) is 51.9 Å². The summed E-state index contributed by atoms with van der Waals surface area (Å²) in [6.45, 7) is 4.90. The molecule has 0 radical (unpaired) electrons. The number of nitriles is 1. The summed E-state index contributed by atoms with van der Waals surface area (Å²) in [6, 6.07) is 13.3. The van der Waals surface area contributed by atoms with Crippen LogP contribution in [0.5, 0.6) is 0 Å². The molecule has 12 nitrogen and oxygen atoms in total. The molecule has 0 bridgehead atoms. The molecule has 46 heavy (non-hydrogen) atoms. The lowest BCUT2D eigenvalue weighted by molar-refractivity contribution is -0.130. The standard InChI is InChI=1S/C34H43N9O3/c1-21(2)29(36-20-30(44)43-15-7-8-26(43)19-35)18-34(33-37-39-40-38-33)27-13-11-24(31(45)41(3)4)16-22(27)9-10-23-17-25(12-14-28(23)34)32(46)42(5)6/h11-14,16-17,21,26,29,36H,7-10,15,18,20H2,1-6H3,(H,37,38,39,40)/t26?,29-/m1/s1. The molecule has 12 heteroatoms. The molecular formula is C34H43N9O3. The molecule has 1 unspecified atom stereocenters. The lowest BCUT2D eigenvalue weighted by Gasteiger charge is -2.39. The topological polar surface area (TPSA) is 151 Å². The van der Waals surface area contributed by atoms with Crippen molar-refractivity contribution >= 4 is 17.7 Å². The summed E-state index contributed by atoms with van der Waals surface area (Å²) in [5.41, 5.74) is 4.19. The van der Waals surface area contributed by atoms with Crippen LogP contribution in [0.2, 0.25) is 0 Å². The molecule has 2 aromatic carbocycles. The monoisotopic (exact) mass is 625 g/mol. The number of rotatable bonds is 9. The van der Waals surface area contributed by atoms with E-state index in [1.54, 1.807) is 42.9 Å². The fourth-order valence-corrected chi connectivity index (χ4v) is 6.94. The number of hydrogen-bond acceptors (Lipinski definition) is 8. The number of carbonyl (C=O) groups is 3. The SMILES string of the molecule is CC(C)[C@@H](CC1(c2nnn[nH]2)c2ccc(C(=O)N(C)C)cc2CCc2cc(C(=O)N(C)C)ccc21)NCC(=O)N1CCCC1C#N. The van der Waals surface area contributed by atoms with E-state index in [1.807, 2.05) is 36.4 Å². The van der Waals surface area contributed by atoms with E-state index in [0.717, 1.165) is 28.7 Å². The van der Waals surface area contributed by atoms with Gasteiger partial charge in [-0.2, -0.15) is 5.26 Å². The van der Waals surface area contributed by atoms with E-state index in [1.165, 1.54) is 0 Å². The van der Waals surface area contributed by atoms with Crippen LogP contribution in [0, 0.1) is 17.2 Å². The summed E-state index contributed by atoms with van der Waals surface area (Å²) in [6.07, 6.45) is 3.29. The van der Waals surface area contributed by atoms with Gasteiger partial charge in [-0.15, -0.1) is 5.10 Å². The Morgan fingerprint density at radius 1 is 1.02 bits per heavy atom. The van der Waals surface area contributed by atoms with E-state index in [9.17, 15) is 19.6 Å². The molecule has 0 spiro atoms. The van der Waals surface area contributed by atoms with Crippen molar-refractivity contribution in [3.63, 3.8) is 0 Å². The number of H-pyrrole nitrogens is 1. The average Bonchev–Trinajstić information content (AvgIpc) is 3.74. The van der Waals surface area contributed by atoms with E-state index in [2.05, 4.69) is 45.9 Å². The van der Waals surface area contributed by atoms with Crippen molar-refractivity contribution in [3.8, 4) is 6.07 Å². The number of tetrazole rings is 1. The number of fused-ring (bicyclic) bond motifs is 2.